The van der Waals surface area contributed by atoms with Crippen molar-refractivity contribution in [2.45, 2.75) is 48.1 Å². The van der Waals surface area contributed by atoms with Crippen molar-refractivity contribution in [3.8, 4) is 0 Å². The molecule has 2 heterocycles. The zero-order chi connectivity index (χ0) is 21.8. The van der Waals surface area contributed by atoms with E-state index in [2.05, 4.69) is 0 Å². The number of carbonyl (C=O) groups excluding carboxylic acids is 3. The first kappa shape index (κ1) is 22.7. The molecule has 2 aliphatic rings. The number of benzene rings is 1. The number of likely N-dealkylation sites (tertiary alicyclic amines) is 2. The third-order valence-corrected chi connectivity index (χ3v) is 8.05. The second kappa shape index (κ2) is 9.87. The van der Waals surface area contributed by atoms with Crippen LogP contribution in [0.25, 0.3) is 0 Å². The number of imide groups is 1. The van der Waals surface area contributed by atoms with Crippen LogP contribution in [-0.2, 0) is 19.2 Å². The highest BCUT2D eigenvalue weighted by atomic mass is 32.2. The lowest BCUT2D eigenvalue weighted by Gasteiger charge is -2.25. The fourth-order valence-electron chi connectivity index (χ4n) is 3.78. The Bertz CT molecular complexity index is 819. The molecule has 3 amide bonds. The molecule has 0 spiro atoms. The minimum atomic E-state index is -0.991. The van der Waals surface area contributed by atoms with Crippen molar-refractivity contribution in [1.29, 1.82) is 0 Å². The van der Waals surface area contributed by atoms with Crippen LogP contribution in [0.5, 0.6) is 0 Å². The minimum Gasteiger partial charge on any atom is -0.480 e. The largest absolute Gasteiger partial charge is 0.480 e. The average Bonchev–Trinajstić information content (AvgIpc) is 3.26. The fourth-order valence-corrected chi connectivity index (χ4v) is 6.19. The standard InChI is InChI=1S/C21H26N2O5S2/c1-3-22-18(24)10-17(20(22)26)29-12-13(2)19(25)23-11-15(9-16(23)21(27)28)30-14-7-5-4-6-8-14/h4-8,13,15-17H,3,9-12H2,1-2H3,(H,27,28)/t13-,15+,16+,17+/m1/s1. The molecule has 0 aliphatic carbocycles. The van der Waals surface area contributed by atoms with Crippen molar-refractivity contribution in [3.05, 3.63) is 30.3 Å². The van der Waals surface area contributed by atoms with Crippen molar-refractivity contribution in [2.75, 3.05) is 18.8 Å². The molecule has 3 rings (SSSR count). The van der Waals surface area contributed by atoms with Gasteiger partial charge in [-0.2, -0.15) is 0 Å². The van der Waals surface area contributed by atoms with E-state index >= 15 is 0 Å². The van der Waals surface area contributed by atoms with E-state index < -0.39 is 23.2 Å². The molecule has 2 saturated heterocycles. The Labute approximate surface area is 184 Å². The maximum absolute atomic E-state index is 13.0. The molecule has 0 unspecified atom stereocenters. The van der Waals surface area contributed by atoms with Crippen LogP contribution in [0.1, 0.15) is 26.7 Å². The number of carboxylic acids is 1. The lowest BCUT2D eigenvalue weighted by molar-refractivity contribution is -0.149. The molecule has 0 radical (unpaired) electrons. The maximum atomic E-state index is 13.0. The first-order chi connectivity index (χ1) is 14.3. The molecule has 4 atom stereocenters. The number of amides is 3. The Morgan fingerprint density at radius 3 is 2.53 bits per heavy atom. The van der Waals surface area contributed by atoms with Gasteiger partial charge in [0, 0.05) is 41.3 Å². The van der Waals surface area contributed by atoms with E-state index in [1.807, 2.05) is 30.3 Å². The zero-order valence-electron chi connectivity index (χ0n) is 17.0. The monoisotopic (exact) mass is 450 g/mol. The second-order valence-electron chi connectivity index (χ2n) is 7.54. The van der Waals surface area contributed by atoms with Gasteiger partial charge in [0.2, 0.25) is 17.7 Å². The lowest BCUT2D eigenvalue weighted by Crippen LogP contribution is -2.43. The molecule has 2 fully saturated rings. The van der Waals surface area contributed by atoms with E-state index in [9.17, 15) is 24.3 Å². The predicted molar refractivity (Wildman–Crippen MR) is 116 cm³/mol. The van der Waals surface area contributed by atoms with E-state index in [1.54, 1.807) is 25.6 Å². The Morgan fingerprint density at radius 2 is 1.93 bits per heavy atom. The van der Waals surface area contributed by atoms with Crippen LogP contribution >= 0.6 is 23.5 Å². The van der Waals surface area contributed by atoms with Crippen molar-refractivity contribution in [2.24, 2.45) is 5.92 Å². The third-order valence-electron chi connectivity index (χ3n) is 5.36. The smallest absolute Gasteiger partial charge is 0.326 e. The Kier molecular flexibility index (Phi) is 7.46. The van der Waals surface area contributed by atoms with Crippen LogP contribution in [0.15, 0.2) is 35.2 Å². The van der Waals surface area contributed by atoms with Crippen LogP contribution in [0.2, 0.25) is 0 Å². The van der Waals surface area contributed by atoms with Gasteiger partial charge in [-0.3, -0.25) is 19.3 Å². The molecule has 2 aliphatic heterocycles. The summed E-state index contributed by atoms with van der Waals surface area (Å²) in [5.74, 6) is -1.64. The molecule has 30 heavy (non-hydrogen) atoms. The highest BCUT2D eigenvalue weighted by Gasteiger charge is 2.42. The number of thioether (sulfide) groups is 2. The van der Waals surface area contributed by atoms with Gasteiger partial charge in [0.05, 0.1) is 5.25 Å². The maximum Gasteiger partial charge on any atom is 0.326 e. The van der Waals surface area contributed by atoms with Crippen LogP contribution in [0, 0.1) is 5.92 Å². The number of carbonyl (C=O) groups is 4. The summed E-state index contributed by atoms with van der Waals surface area (Å²) in [7, 11) is 0. The first-order valence-corrected chi connectivity index (χ1v) is 12.0. The number of rotatable bonds is 8. The Morgan fingerprint density at radius 1 is 1.23 bits per heavy atom. The number of carboxylic acid groups (broad SMARTS) is 1. The molecule has 0 saturated carbocycles. The summed E-state index contributed by atoms with van der Waals surface area (Å²) in [6, 6.07) is 8.91. The van der Waals surface area contributed by atoms with Gasteiger partial charge in [0.15, 0.2) is 0 Å². The number of nitrogens with zero attached hydrogens (tertiary/aromatic N) is 2. The van der Waals surface area contributed by atoms with Crippen molar-refractivity contribution >= 4 is 47.2 Å². The predicted octanol–water partition coefficient (Wildman–Crippen LogP) is 2.35. The average molecular weight is 451 g/mol. The quantitative estimate of drug-likeness (QED) is 0.608. The van der Waals surface area contributed by atoms with Gasteiger partial charge in [0.1, 0.15) is 6.04 Å². The number of hydrogen-bond donors (Lipinski definition) is 1. The summed E-state index contributed by atoms with van der Waals surface area (Å²) in [6.45, 7) is 4.26. The highest BCUT2D eigenvalue weighted by Crippen LogP contribution is 2.34. The summed E-state index contributed by atoms with van der Waals surface area (Å²) >= 11 is 2.90. The molecule has 0 bridgehead atoms. The molecule has 9 heteroatoms. The lowest BCUT2D eigenvalue weighted by atomic mass is 10.1. The van der Waals surface area contributed by atoms with Gasteiger partial charge in [-0.15, -0.1) is 23.5 Å². The fraction of sp³-hybridized carbons (Fsp3) is 0.524. The topological polar surface area (TPSA) is 95.0 Å². The van der Waals surface area contributed by atoms with Crippen LogP contribution in [-0.4, -0.2) is 74.0 Å². The molecule has 1 aromatic carbocycles. The van der Waals surface area contributed by atoms with Gasteiger partial charge in [-0.1, -0.05) is 25.1 Å². The molecular weight excluding hydrogens is 424 g/mol. The number of hydrogen-bond acceptors (Lipinski definition) is 6. The summed E-state index contributed by atoms with van der Waals surface area (Å²) in [5, 5.41) is 9.19. The van der Waals surface area contributed by atoms with Gasteiger partial charge >= 0.3 is 5.97 Å². The third kappa shape index (κ3) is 5.00. The van der Waals surface area contributed by atoms with E-state index in [-0.39, 0.29) is 29.4 Å². The van der Waals surface area contributed by atoms with Crippen molar-refractivity contribution in [1.82, 2.24) is 9.80 Å². The van der Waals surface area contributed by atoms with E-state index in [0.717, 1.165) is 4.90 Å². The highest BCUT2D eigenvalue weighted by molar-refractivity contribution is 8.00. The van der Waals surface area contributed by atoms with E-state index in [4.69, 9.17) is 0 Å². The minimum absolute atomic E-state index is 0.0180. The number of aliphatic carboxylic acids is 1. The van der Waals surface area contributed by atoms with Gasteiger partial charge in [-0.05, 0) is 25.5 Å². The summed E-state index contributed by atoms with van der Waals surface area (Å²) in [5.41, 5.74) is 0. The molecule has 1 N–H and O–H groups in total. The van der Waals surface area contributed by atoms with Crippen molar-refractivity contribution < 1.29 is 24.3 Å². The van der Waals surface area contributed by atoms with E-state index in [1.165, 1.54) is 21.6 Å². The molecule has 1 aromatic rings. The van der Waals surface area contributed by atoms with E-state index in [0.29, 0.717) is 25.3 Å². The summed E-state index contributed by atoms with van der Waals surface area (Å²) in [6.07, 6.45) is 0.567. The van der Waals surface area contributed by atoms with Crippen molar-refractivity contribution in [3.63, 3.8) is 0 Å². The van der Waals surface area contributed by atoms with Crippen LogP contribution in [0.4, 0.5) is 0 Å². The second-order valence-corrected chi connectivity index (χ2v) is 10.1. The SMILES string of the molecule is CCN1C(=O)C[C@H](SC[C@@H](C)C(=O)N2C[C@@H](Sc3ccccc3)C[C@H]2C(=O)O)C1=O. The summed E-state index contributed by atoms with van der Waals surface area (Å²) in [4.78, 5) is 52.6. The Hall–Kier alpha value is -2.00. The summed E-state index contributed by atoms with van der Waals surface area (Å²) < 4.78 is 0. The Balaban J connectivity index is 1.59. The molecule has 0 aromatic heterocycles. The van der Waals surface area contributed by atoms with Gasteiger partial charge in [-0.25, -0.2) is 4.79 Å². The van der Waals surface area contributed by atoms with Gasteiger partial charge in [0.25, 0.3) is 0 Å². The molecular formula is C21H26N2O5S2. The molecule has 162 valence electrons. The normalized spacial score (nSPS) is 25.1. The van der Waals surface area contributed by atoms with Crippen LogP contribution in [0.3, 0.4) is 0 Å². The first-order valence-electron chi connectivity index (χ1n) is 10.0. The van der Waals surface area contributed by atoms with Crippen LogP contribution < -0.4 is 0 Å². The zero-order valence-corrected chi connectivity index (χ0v) is 18.7. The van der Waals surface area contributed by atoms with Gasteiger partial charge < -0.3 is 10.0 Å². The molecule has 7 nitrogen and oxygen atoms in total.